The van der Waals surface area contributed by atoms with Crippen molar-refractivity contribution in [3.63, 3.8) is 0 Å². The van der Waals surface area contributed by atoms with Crippen molar-refractivity contribution in [2.75, 3.05) is 19.6 Å². The Morgan fingerprint density at radius 2 is 1.95 bits per heavy atom. The molecule has 2 unspecified atom stereocenters. The lowest BCUT2D eigenvalue weighted by atomic mass is 9.95. The van der Waals surface area contributed by atoms with Gasteiger partial charge in [-0.3, -0.25) is 9.69 Å². The topological polar surface area (TPSA) is 58.4 Å². The minimum absolute atomic E-state index is 0.213. The third kappa shape index (κ3) is 6.39. The number of likely N-dealkylation sites (tertiary alicyclic amines) is 1. The van der Waals surface area contributed by atoms with Crippen molar-refractivity contribution >= 4 is 5.91 Å². The van der Waals surface area contributed by atoms with E-state index in [-0.39, 0.29) is 5.91 Å². The highest BCUT2D eigenvalue weighted by molar-refractivity contribution is 5.75. The van der Waals surface area contributed by atoms with Crippen LogP contribution in [0.25, 0.3) is 0 Å². The van der Waals surface area contributed by atoms with Gasteiger partial charge in [-0.2, -0.15) is 0 Å². The fraction of sp³-hybridized carbons (Fsp3) is 0.933. The van der Waals surface area contributed by atoms with Crippen LogP contribution < -0.4 is 11.1 Å². The Bertz CT molecular complexity index is 262. The number of nitrogens with zero attached hydrogens (tertiary/aromatic N) is 1. The SMILES string of the molecule is CCC(C)CC(CC)NC1CCN(CC(N)=O)CC1. The lowest BCUT2D eigenvalue weighted by Crippen LogP contribution is -2.48. The summed E-state index contributed by atoms with van der Waals surface area (Å²) >= 11 is 0. The number of primary amides is 1. The van der Waals surface area contributed by atoms with E-state index in [1.807, 2.05) is 0 Å². The first-order valence-electron chi connectivity index (χ1n) is 7.81. The number of nitrogens with two attached hydrogens (primary N) is 1. The molecule has 4 nitrogen and oxygen atoms in total. The molecule has 0 radical (unpaired) electrons. The van der Waals surface area contributed by atoms with Gasteiger partial charge in [0.05, 0.1) is 6.54 Å². The highest BCUT2D eigenvalue weighted by atomic mass is 16.1. The molecule has 0 spiro atoms. The Labute approximate surface area is 118 Å². The van der Waals surface area contributed by atoms with Crippen molar-refractivity contribution in [3.8, 4) is 0 Å². The fourth-order valence-electron chi connectivity index (χ4n) is 2.82. The van der Waals surface area contributed by atoms with E-state index in [1.165, 1.54) is 19.3 Å². The zero-order valence-electron chi connectivity index (χ0n) is 12.8. The van der Waals surface area contributed by atoms with E-state index in [4.69, 9.17) is 5.73 Å². The van der Waals surface area contributed by atoms with Crippen LogP contribution in [0.3, 0.4) is 0 Å². The molecule has 0 saturated carbocycles. The first-order chi connectivity index (χ1) is 9.05. The van der Waals surface area contributed by atoms with Crippen LogP contribution in [0.4, 0.5) is 0 Å². The molecule has 1 fully saturated rings. The Hall–Kier alpha value is -0.610. The number of nitrogens with one attached hydrogen (secondary N) is 1. The molecule has 2 atom stereocenters. The van der Waals surface area contributed by atoms with E-state index in [2.05, 4.69) is 31.0 Å². The molecule has 1 rings (SSSR count). The lowest BCUT2D eigenvalue weighted by Gasteiger charge is -2.34. The van der Waals surface area contributed by atoms with Crippen LogP contribution >= 0.6 is 0 Å². The van der Waals surface area contributed by atoms with Crippen molar-refractivity contribution < 1.29 is 4.79 Å². The second-order valence-corrected chi connectivity index (χ2v) is 6.04. The number of carbonyl (C=O) groups excluding carboxylic acids is 1. The lowest BCUT2D eigenvalue weighted by molar-refractivity contribution is -0.119. The van der Waals surface area contributed by atoms with Gasteiger partial charge < -0.3 is 11.1 Å². The first-order valence-corrected chi connectivity index (χ1v) is 7.81. The summed E-state index contributed by atoms with van der Waals surface area (Å²) in [5.74, 6) is 0.585. The van der Waals surface area contributed by atoms with Crippen molar-refractivity contribution in [1.82, 2.24) is 10.2 Å². The minimum Gasteiger partial charge on any atom is -0.369 e. The van der Waals surface area contributed by atoms with Gasteiger partial charge in [0, 0.05) is 25.2 Å². The molecular formula is C15H31N3O. The van der Waals surface area contributed by atoms with E-state index >= 15 is 0 Å². The molecule has 1 amide bonds. The second-order valence-electron chi connectivity index (χ2n) is 6.04. The van der Waals surface area contributed by atoms with Gasteiger partial charge in [0.15, 0.2) is 0 Å². The molecule has 3 N–H and O–H groups in total. The Kier molecular flexibility index (Phi) is 7.39. The predicted octanol–water partition coefficient (Wildman–Crippen LogP) is 1.74. The van der Waals surface area contributed by atoms with Crippen molar-refractivity contribution in [3.05, 3.63) is 0 Å². The summed E-state index contributed by atoms with van der Waals surface area (Å²) in [5, 5.41) is 3.80. The van der Waals surface area contributed by atoms with Gasteiger partial charge in [-0.05, 0) is 31.6 Å². The molecule has 0 aromatic rings. The summed E-state index contributed by atoms with van der Waals surface area (Å²) in [6, 6.07) is 1.25. The minimum atomic E-state index is -0.213. The van der Waals surface area contributed by atoms with Crippen LogP contribution in [0, 0.1) is 5.92 Å². The maximum absolute atomic E-state index is 10.9. The summed E-state index contributed by atoms with van der Waals surface area (Å²) < 4.78 is 0. The van der Waals surface area contributed by atoms with Crippen molar-refractivity contribution in [2.45, 2.75) is 65.0 Å². The molecule has 4 heteroatoms. The van der Waals surface area contributed by atoms with Crippen LogP contribution in [-0.2, 0) is 4.79 Å². The van der Waals surface area contributed by atoms with Crippen LogP contribution in [-0.4, -0.2) is 42.5 Å². The zero-order valence-corrected chi connectivity index (χ0v) is 12.8. The van der Waals surface area contributed by atoms with E-state index in [0.29, 0.717) is 18.6 Å². The number of piperidine rings is 1. The molecule has 1 aliphatic heterocycles. The van der Waals surface area contributed by atoms with Gasteiger partial charge in [0.1, 0.15) is 0 Å². The van der Waals surface area contributed by atoms with Gasteiger partial charge in [0.25, 0.3) is 0 Å². The standard InChI is InChI=1S/C15H31N3O/c1-4-12(3)10-13(5-2)17-14-6-8-18(9-7-14)11-15(16)19/h12-14,17H,4-11H2,1-3H3,(H2,16,19). The van der Waals surface area contributed by atoms with Crippen LogP contribution in [0.2, 0.25) is 0 Å². The summed E-state index contributed by atoms with van der Waals surface area (Å²) in [6.45, 7) is 9.25. The van der Waals surface area contributed by atoms with Gasteiger partial charge in [-0.1, -0.05) is 27.2 Å². The largest absolute Gasteiger partial charge is 0.369 e. The van der Waals surface area contributed by atoms with Crippen LogP contribution in [0.15, 0.2) is 0 Å². The van der Waals surface area contributed by atoms with Gasteiger partial charge in [-0.25, -0.2) is 0 Å². The summed E-state index contributed by atoms with van der Waals surface area (Å²) in [6.07, 6.45) is 5.99. The van der Waals surface area contributed by atoms with E-state index in [1.54, 1.807) is 0 Å². The molecule has 1 aliphatic rings. The third-order valence-electron chi connectivity index (χ3n) is 4.32. The average Bonchev–Trinajstić information content (AvgIpc) is 2.39. The van der Waals surface area contributed by atoms with Crippen molar-refractivity contribution in [2.24, 2.45) is 11.7 Å². The van der Waals surface area contributed by atoms with Crippen molar-refractivity contribution in [1.29, 1.82) is 0 Å². The maximum atomic E-state index is 10.9. The predicted molar refractivity (Wildman–Crippen MR) is 79.9 cm³/mol. The second kappa shape index (κ2) is 8.54. The van der Waals surface area contributed by atoms with Crippen LogP contribution in [0.1, 0.15) is 52.9 Å². The molecular weight excluding hydrogens is 238 g/mol. The molecule has 0 aromatic carbocycles. The Morgan fingerprint density at radius 3 is 2.42 bits per heavy atom. The highest BCUT2D eigenvalue weighted by Gasteiger charge is 2.22. The van der Waals surface area contributed by atoms with Gasteiger partial charge in [0.2, 0.25) is 5.91 Å². The maximum Gasteiger partial charge on any atom is 0.231 e. The molecule has 1 saturated heterocycles. The van der Waals surface area contributed by atoms with Gasteiger partial charge >= 0.3 is 0 Å². The normalized spacial score (nSPS) is 21.2. The molecule has 0 aliphatic carbocycles. The van der Waals surface area contributed by atoms with E-state index in [0.717, 1.165) is 31.8 Å². The molecule has 0 aromatic heterocycles. The highest BCUT2D eigenvalue weighted by Crippen LogP contribution is 2.16. The Morgan fingerprint density at radius 1 is 1.32 bits per heavy atom. The van der Waals surface area contributed by atoms with Gasteiger partial charge in [-0.15, -0.1) is 0 Å². The molecule has 0 bridgehead atoms. The summed E-state index contributed by atoms with van der Waals surface area (Å²) in [5.41, 5.74) is 5.23. The Balaban J connectivity index is 2.28. The molecule has 112 valence electrons. The van der Waals surface area contributed by atoms with Crippen LogP contribution in [0.5, 0.6) is 0 Å². The number of carbonyl (C=O) groups is 1. The number of hydrogen-bond acceptors (Lipinski definition) is 3. The third-order valence-corrected chi connectivity index (χ3v) is 4.32. The smallest absolute Gasteiger partial charge is 0.231 e. The fourth-order valence-corrected chi connectivity index (χ4v) is 2.82. The van der Waals surface area contributed by atoms with E-state index in [9.17, 15) is 4.79 Å². The summed E-state index contributed by atoms with van der Waals surface area (Å²) in [4.78, 5) is 13.1. The molecule has 1 heterocycles. The number of hydrogen-bond donors (Lipinski definition) is 2. The van der Waals surface area contributed by atoms with E-state index < -0.39 is 0 Å². The zero-order chi connectivity index (χ0) is 14.3. The summed E-state index contributed by atoms with van der Waals surface area (Å²) in [7, 11) is 0. The number of amides is 1. The first kappa shape index (κ1) is 16.4. The number of rotatable bonds is 8. The average molecular weight is 269 g/mol. The monoisotopic (exact) mass is 269 g/mol. The molecule has 19 heavy (non-hydrogen) atoms. The quantitative estimate of drug-likeness (QED) is 0.705.